The SMILES string of the molecule is Cc1ccc2c(c1N1C=CN(C)C1(C)C)c1ccccc1n2C. The molecule has 0 aliphatic carbocycles. The number of para-hydroxylation sites is 1. The van der Waals surface area contributed by atoms with Crippen LogP contribution in [0.25, 0.3) is 21.8 Å². The van der Waals surface area contributed by atoms with Crippen LogP contribution in [-0.4, -0.2) is 22.2 Å². The Labute approximate surface area is 137 Å². The van der Waals surface area contributed by atoms with E-state index in [2.05, 4.69) is 98.0 Å². The molecule has 3 aromatic rings. The van der Waals surface area contributed by atoms with Crippen molar-refractivity contribution in [2.45, 2.75) is 26.4 Å². The first-order valence-corrected chi connectivity index (χ1v) is 8.10. The zero-order valence-corrected chi connectivity index (χ0v) is 14.5. The maximum atomic E-state index is 2.40. The molecule has 0 unspecified atom stereocenters. The fourth-order valence-corrected chi connectivity index (χ4v) is 3.70. The fraction of sp³-hybridized carbons (Fsp3) is 0.300. The van der Waals surface area contributed by atoms with E-state index in [4.69, 9.17) is 0 Å². The topological polar surface area (TPSA) is 11.4 Å². The lowest BCUT2D eigenvalue weighted by Crippen LogP contribution is -2.46. The Morgan fingerprint density at radius 1 is 0.870 bits per heavy atom. The van der Waals surface area contributed by atoms with Gasteiger partial charge in [0.25, 0.3) is 0 Å². The molecule has 0 bridgehead atoms. The van der Waals surface area contributed by atoms with E-state index in [-0.39, 0.29) is 5.66 Å². The van der Waals surface area contributed by atoms with Gasteiger partial charge in [-0.1, -0.05) is 24.3 Å². The summed E-state index contributed by atoms with van der Waals surface area (Å²) in [6.07, 6.45) is 4.35. The molecule has 1 aromatic heterocycles. The number of hydrogen-bond donors (Lipinski definition) is 0. The van der Waals surface area contributed by atoms with Crippen LogP contribution in [0.2, 0.25) is 0 Å². The highest BCUT2D eigenvalue weighted by Crippen LogP contribution is 2.42. The highest BCUT2D eigenvalue weighted by molar-refractivity contribution is 6.15. The van der Waals surface area contributed by atoms with Crippen LogP contribution in [-0.2, 0) is 7.05 Å². The van der Waals surface area contributed by atoms with E-state index in [0.717, 1.165) is 0 Å². The number of benzene rings is 2. The van der Waals surface area contributed by atoms with Gasteiger partial charge in [0.1, 0.15) is 5.66 Å². The van der Waals surface area contributed by atoms with Crippen molar-refractivity contribution in [2.24, 2.45) is 7.05 Å². The zero-order chi connectivity index (χ0) is 16.4. The molecule has 0 radical (unpaired) electrons. The molecule has 118 valence electrons. The molecule has 0 amide bonds. The normalized spacial score (nSPS) is 16.9. The standard InChI is InChI=1S/C20H23N3/c1-14-10-11-17-18(15-8-6-7-9-16(15)22(17)5)19(14)23-13-12-21(4)20(23,2)3/h6-13H,1-5H3. The Hall–Kier alpha value is -2.42. The van der Waals surface area contributed by atoms with Gasteiger partial charge in [0, 0.05) is 42.8 Å². The molecule has 1 aliphatic heterocycles. The minimum absolute atomic E-state index is 0.0734. The van der Waals surface area contributed by atoms with Crippen molar-refractivity contribution >= 4 is 27.5 Å². The van der Waals surface area contributed by atoms with Gasteiger partial charge in [0.2, 0.25) is 0 Å². The molecule has 0 N–H and O–H groups in total. The molecule has 0 spiro atoms. The van der Waals surface area contributed by atoms with Crippen LogP contribution in [0.3, 0.4) is 0 Å². The van der Waals surface area contributed by atoms with Crippen LogP contribution in [0.4, 0.5) is 5.69 Å². The number of anilines is 1. The van der Waals surface area contributed by atoms with Gasteiger partial charge in [-0.15, -0.1) is 0 Å². The van der Waals surface area contributed by atoms with Crippen molar-refractivity contribution < 1.29 is 0 Å². The number of aromatic nitrogens is 1. The second-order valence-electron chi connectivity index (χ2n) is 6.97. The average Bonchev–Trinajstić information content (AvgIpc) is 2.96. The maximum Gasteiger partial charge on any atom is 0.110 e. The predicted molar refractivity (Wildman–Crippen MR) is 98.6 cm³/mol. The lowest BCUT2D eigenvalue weighted by molar-refractivity contribution is 0.253. The summed E-state index contributed by atoms with van der Waals surface area (Å²) in [5.74, 6) is 0. The molecule has 0 atom stereocenters. The van der Waals surface area contributed by atoms with E-state index in [9.17, 15) is 0 Å². The monoisotopic (exact) mass is 305 g/mol. The third-order valence-electron chi connectivity index (χ3n) is 5.39. The van der Waals surface area contributed by atoms with Crippen molar-refractivity contribution in [3.63, 3.8) is 0 Å². The molecule has 3 nitrogen and oxygen atoms in total. The lowest BCUT2D eigenvalue weighted by Gasteiger charge is -2.39. The summed E-state index contributed by atoms with van der Waals surface area (Å²) < 4.78 is 2.30. The van der Waals surface area contributed by atoms with Crippen LogP contribution in [0.15, 0.2) is 48.8 Å². The van der Waals surface area contributed by atoms with Crippen LogP contribution in [0.5, 0.6) is 0 Å². The van der Waals surface area contributed by atoms with Crippen LogP contribution >= 0.6 is 0 Å². The molecular formula is C20H23N3. The van der Waals surface area contributed by atoms with Gasteiger partial charge >= 0.3 is 0 Å². The third-order valence-corrected chi connectivity index (χ3v) is 5.39. The van der Waals surface area contributed by atoms with E-state index in [1.165, 1.54) is 33.1 Å². The van der Waals surface area contributed by atoms with Crippen molar-refractivity contribution in [3.05, 3.63) is 54.4 Å². The molecule has 23 heavy (non-hydrogen) atoms. The van der Waals surface area contributed by atoms with Crippen molar-refractivity contribution in [3.8, 4) is 0 Å². The fourth-order valence-electron chi connectivity index (χ4n) is 3.70. The van der Waals surface area contributed by atoms with E-state index in [1.54, 1.807) is 0 Å². The quantitative estimate of drug-likeness (QED) is 0.651. The second kappa shape index (κ2) is 4.54. The zero-order valence-electron chi connectivity index (χ0n) is 14.5. The number of hydrogen-bond acceptors (Lipinski definition) is 2. The Morgan fingerprint density at radius 3 is 2.30 bits per heavy atom. The maximum absolute atomic E-state index is 2.40. The number of rotatable bonds is 1. The van der Waals surface area contributed by atoms with Gasteiger partial charge < -0.3 is 14.4 Å². The summed E-state index contributed by atoms with van der Waals surface area (Å²) in [5.41, 5.74) is 5.11. The molecule has 0 saturated carbocycles. The van der Waals surface area contributed by atoms with Crippen molar-refractivity contribution in [1.82, 2.24) is 9.47 Å². The first-order chi connectivity index (χ1) is 10.9. The average molecular weight is 305 g/mol. The number of aryl methyl sites for hydroxylation is 2. The van der Waals surface area contributed by atoms with Gasteiger partial charge in [0.05, 0.1) is 11.2 Å². The number of fused-ring (bicyclic) bond motifs is 3. The summed E-state index contributed by atoms with van der Waals surface area (Å²) >= 11 is 0. The molecular weight excluding hydrogens is 282 g/mol. The van der Waals surface area contributed by atoms with E-state index < -0.39 is 0 Å². The summed E-state index contributed by atoms with van der Waals surface area (Å²) in [4.78, 5) is 4.66. The molecule has 1 aliphatic rings. The highest BCUT2D eigenvalue weighted by Gasteiger charge is 2.35. The van der Waals surface area contributed by atoms with E-state index >= 15 is 0 Å². The third kappa shape index (κ3) is 1.76. The van der Waals surface area contributed by atoms with E-state index in [1.807, 2.05) is 0 Å². The van der Waals surface area contributed by atoms with Gasteiger partial charge in [-0.25, -0.2) is 0 Å². The van der Waals surface area contributed by atoms with Crippen molar-refractivity contribution in [1.29, 1.82) is 0 Å². The van der Waals surface area contributed by atoms with Gasteiger partial charge in [-0.3, -0.25) is 0 Å². The molecule has 2 heterocycles. The second-order valence-corrected chi connectivity index (χ2v) is 6.97. The van der Waals surface area contributed by atoms with Crippen molar-refractivity contribution in [2.75, 3.05) is 11.9 Å². The van der Waals surface area contributed by atoms with Gasteiger partial charge in [-0.2, -0.15) is 0 Å². The van der Waals surface area contributed by atoms with Gasteiger partial charge in [0.15, 0.2) is 0 Å². The van der Waals surface area contributed by atoms with E-state index in [0.29, 0.717) is 0 Å². The summed E-state index contributed by atoms with van der Waals surface area (Å²) in [6.45, 7) is 6.73. The van der Waals surface area contributed by atoms with Crippen LogP contribution in [0.1, 0.15) is 19.4 Å². The lowest BCUT2D eigenvalue weighted by atomic mass is 10.0. The Kier molecular flexibility index (Phi) is 2.80. The van der Waals surface area contributed by atoms with Crippen LogP contribution in [0, 0.1) is 6.92 Å². The Morgan fingerprint density at radius 2 is 1.61 bits per heavy atom. The molecule has 0 saturated heterocycles. The first-order valence-electron chi connectivity index (χ1n) is 8.10. The minimum Gasteiger partial charge on any atom is -0.357 e. The molecule has 0 fully saturated rings. The van der Waals surface area contributed by atoms with Gasteiger partial charge in [-0.05, 0) is 38.5 Å². The predicted octanol–water partition coefficient (Wildman–Crippen LogP) is 4.60. The number of nitrogens with zero attached hydrogens (tertiary/aromatic N) is 3. The largest absolute Gasteiger partial charge is 0.357 e. The summed E-state index contributed by atoms with van der Waals surface area (Å²) in [7, 11) is 4.29. The Bertz CT molecular complexity index is 946. The smallest absolute Gasteiger partial charge is 0.110 e. The Balaban J connectivity index is 2.13. The minimum atomic E-state index is -0.0734. The highest BCUT2D eigenvalue weighted by atomic mass is 15.4. The molecule has 3 heteroatoms. The van der Waals surface area contributed by atoms with Crippen LogP contribution < -0.4 is 4.90 Å². The first kappa shape index (κ1) is 14.2. The summed E-state index contributed by atoms with van der Waals surface area (Å²) in [6, 6.07) is 13.2. The summed E-state index contributed by atoms with van der Waals surface area (Å²) in [5, 5.41) is 2.67. The molecule has 2 aromatic carbocycles. The molecule has 4 rings (SSSR count).